The first-order valence-corrected chi connectivity index (χ1v) is 10.0. The van der Waals surface area contributed by atoms with Crippen molar-refractivity contribution in [3.05, 3.63) is 64.3 Å². The van der Waals surface area contributed by atoms with E-state index in [4.69, 9.17) is 11.6 Å². The number of amides is 1. The van der Waals surface area contributed by atoms with Crippen LogP contribution in [-0.4, -0.2) is 23.9 Å². The van der Waals surface area contributed by atoms with Gasteiger partial charge < -0.3 is 10.6 Å². The van der Waals surface area contributed by atoms with E-state index in [1.165, 1.54) is 18.2 Å². The van der Waals surface area contributed by atoms with Gasteiger partial charge in [-0.3, -0.25) is 9.78 Å². The molecule has 1 amide bonds. The first-order valence-electron chi connectivity index (χ1n) is 9.66. The number of carbonyl (C=O) groups is 1. The Kier molecular flexibility index (Phi) is 5.47. The van der Waals surface area contributed by atoms with Crippen molar-refractivity contribution in [1.82, 2.24) is 10.3 Å². The Morgan fingerprint density at radius 1 is 1.12 bits per heavy atom. The fourth-order valence-corrected chi connectivity index (χ4v) is 4.30. The summed E-state index contributed by atoms with van der Waals surface area (Å²) in [5.74, 6) is -9.65. The summed E-state index contributed by atoms with van der Waals surface area (Å²) in [6.45, 7) is 0.959. The van der Waals surface area contributed by atoms with Gasteiger partial charge in [-0.25, -0.2) is 26.3 Å². The van der Waals surface area contributed by atoms with Crippen molar-refractivity contribution in [2.75, 3.05) is 12.4 Å². The number of hydrogen-bond donors (Lipinski definition) is 2. The zero-order valence-corrected chi connectivity index (χ0v) is 17.9. The van der Waals surface area contributed by atoms with E-state index < -0.39 is 58.0 Å². The fraction of sp³-hybridized carbons (Fsp3) is 0.273. The Morgan fingerprint density at radius 2 is 1.82 bits per heavy atom. The fourth-order valence-electron chi connectivity index (χ4n) is 4.13. The predicted molar refractivity (Wildman–Crippen MR) is 111 cm³/mol. The van der Waals surface area contributed by atoms with Crippen molar-refractivity contribution in [1.29, 1.82) is 0 Å². The van der Waals surface area contributed by atoms with Gasteiger partial charge in [0.2, 0.25) is 5.91 Å². The van der Waals surface area contributed by atoms with E-state index in [1.807, 2.05) is 0 Å². The van der Waals surface area contributed by atoms with Crippen LogP contribution in [0.15, 0.2) is 36.5 Å². The molecule has 1 aliphatic rings. The molecule has 11 heteroatoms. The number of carbonyl (C=O) groups excluding carboxylic acids is 1. The van der Waals surface area contributed by atoms with Crippen LogP contribution in [-0.2, 0) is 4.79 Å². The van der Waals surface area contributed by atoms with Crippen molar-refractivity contribution in [2.45, 2.75) is 25.2 Å². The van der Waals surface area contributed by atoms with Crippen molar-refractivity contribution in [3.8, 4) is 0 Å². The molecule has 1 heterocycles. The molecule has 0 radical (unpaired) electrons. The number of fused-ring (bicyclic) bond motifs is 1. The summed E-state index contributed by atoms with van der Waals surface area (Å²) in [7, 11) is 1.16. The second-order valence-electron chi connectivity index (χ2n) is 7.84. The van der Waals surface area contributed by atoms with E-state index in [2.05, 4.69) is 15.6 Å². The molecule has 2 atom stereocenters. The van der Waals surface area contributed by atoms with Gasteiger partial charge in [-0.2, -0.15) is 0 Å². The number of aromatic nitrogens is 1. The van der Waals surface area contributed by atoms with Crippen LogP contribution in [0, 0.1) is 17.0 Å². The lowest BCUT2D eigenvalue weighted by Gasteiger charge is -2.16. The molecule has 33 heavy (non-hydrogen) atoms. The Bertz CT molecular complexity index is 1280. The van der Waals surface area contributed by atoms with E-state index in [9.17, 15) is 31.1 Å². The SMILES string of the molecule is CNC(=O)C1(C)C(c2ccc(Nc3cnc4ccc(Cl)cc4c3C(F)F)c(F)c2F)C1(F)F. The minimum absolute atomic E-state index is 0.0129. The van der Waals surface area contributed by atoms with Gasteiger partial charge in [0, 0.05) is 23.0 Å². The van der Waals surface area contributed by atoms with Crippen molar-refractivity contribution >= 4 is 39.8 Å². The smallest absolute Gasteiger partial charge is 0.271 e. The molecule has 0 saturated heterocycles. The molecule has 0 aliphatic heterocycles. The highest BCUT2D eigenvalue weighted by molar-refractivity contribution is 6.31. The standard InChI is InChI=1S/C22H16ClF6N3O/c1-21(20(33)30-2)18(22(21,28)29)10-4-6-13(17(25)16(10)24)32-14-8-31-12-5-3-9(23)7-11(12)15(14)19(26)27/h3-8,18-19,32H,1-2H3,(H,30,33). The molecule has 4 rings (SSSR count). The van der Waals surface area contributed by atoms with Crippen LogP contribution in [0.2, 0.25) is 5.02 Å². The van der Waals surface area contributed by atoms with Crippen LogP contribution in [0.5, 0.6) is 0 Å². The van der Waals surface area contributed by atoms with E-state index in [0.29, 0.717) is 0 Å². The lowest BCUT2D eigenvalue weighted by Crippen LogP contribution is -2.31. The van der Waals surface area contributed by atoms with Crippen molar-refractivity contribution in [2.24, 2.45) is 5.41 Å². The second-order valence-corrected chi connectivity index (χ2v) is 8.28. The van der Waals surface area contributed by atoms with Crippen molar-refractivity contribution in [3.63, 3.8) is 0 Å². The molecule has 2 aromatic carbocycles. The number of halogens is 7. The molecule has 1 aliphatic carbocycles. The number of rotatable bonds is 5. The summed E-state index contributed by atoms with van der Waals surface area (Å²) in [6.07, 6.45) is -1.98. The number of nitrogens with one attached hydrogen (secondary N) is 2. The number of hydrogen-bond acceptors (Lipinski definition) is 3. The average molecular weight is 488 g/mol. The van der Waals surface area contributed by atoms with E-state index in [1.54, 1.807) is 0 Å². The molecular weight excluding hydrogens is 472 g/mol. The molecule has 1 fully saturated rings. The van der Waals surface area contributed by atoms with Gasteiger partial charge in [0.25, 0.3) is 12.3 Å². The molecule has 4 nitrogen and oxygen atoms in total. The Balaban J connectivity index is 1.75. The number of benzene rings is 2. The molecular formula is C22H16ClF6N3O. The summed E-state index contributed by atoms with van der Waals surface area (Å²) < 4.78 is 86.1. The minimum atomic E-state index is -3.60. The number of alkyl halides is 4. The second kappa shape index (κ2) is 7.79. The Labute approximate surface area is 188 Å². The lowest BCUT2D eigenvalue weighted by molar-refractivity contribution is -0.128. The molecule has 174 valence electrons. The van der Waals surface area contributed by atoms with Crippen LogP contribution in [0.25, 0.3) is 10.9 Å². The zero-order chi connectivity index (χ0) is 24.3. The third kappa shape index (κ3) is 3.38. The van der Waals surface area contributed by atoms with E-state index in [-0.39, 0.29) is 21.6 Å². The molecule has 1 aromatic heterocycles. The summed E-state index contributed by atoms with van der Waals surface area (Å²) in [5.41, 5.74) is -4.12. The van der Waals surface area contributed by atoms with Crippen LogP contribution < -0.4 is 10.6 Å². The number of nitrogens with zero attached hydrogens (tertiary/aromatic N) is 1. The summed E-state index contributed by atoms with van der Waals surface area (Å²) >= 11 is 5.89. The van der Waals surface area contributed by atoms with Gasteiger partial charge in [-0.05, 0) is 31.2 Å². The normalized spacial score (nSPS) is 21.3. The van der Waals surface area contributed by atoms with E-state index in [0.717, 1.165) is 32.3 Å². The van der Waals surface area contributed by atoms with Crippen molar-refractivity contribution < 1.29 is 31.1 Å². The zero-order valence-electron chi connectivity index (χ0n) is 17.1. The molecule has 2 N–H and O–H groups in total. The van der Waals surface area contributed by atoms with Crippen LogP contribution in [0.1, 0.15) is 30.4 Å². The predicted octanol–water partition coefficient (Wildman–Crippen LogP) is 6.33. The molecule has 0 spiro atoms. The highest BCUT2D eigenvalue weighted by Gasteiger charge is 2.82. The topological polar surface area (TPSA) is 54.0 Å². The maximum absolute atomic E-state index is 14.8. The number of anilines is 2. The summed E-state index contributed by atoms with van der Waals surface area (Å²) in [5, 5.41) is 4.66. The minimum Gasteiger partial charge on any atom is -0.358 e. The van der Waals surface area contributed by atoms with Gasteiger partial charge in [0.15, 0.2) is 11.6 Å². The molecule has 0 bridgehead atoms. The Morgan fingerprint density at radius 3 is 2.45 bits per heavy atom. The highest BCUT2D eigenvalue weighted by Crippen LogP contribution is 2.71. The third-order valence-corrected chi connectivity index (χ3v) is 6.27. The molecule has 1 saturated carbocycles. The van der Waals surface area contributed by atoms with Gasteiger partial charge in [-0.15, -0.1) is 0 Å². The van der Waals surface area contributed by atoms with Gasteiger partial charge >= 0.3 is 0 Å². The Hall–Kier alpha value is -3.01. The molecule has 2 unspecified atom stereocenters. The summed E-state index contributed by atoms with van der Waals surface area (Å²) in [4.78, 5) is 15.9. The maximum atomic E-state index is 14.8. The first-order chi connectivity index (χ1) is 15.4. The van der Waals surface area contributed by atoms with Gasteiger partial charge in [-0.1, -0.05) is 17.7 Å². The maximum Gasteiger partial charge on any atom is 0.271 e. The quantitative estimate of drug-likeness (QED) is 0.413. The van der Waals surface area contributed by atoms with Gasteiger partial charge in [0.1, 0.15) is 5.41 Å². The summed E-state index contributed by atoms with van der Waals surface area (Å²) in [6, 6.07) is 6.02. The number of pyridine rings is 1. The van der Waals surface area contributed by atoms with Crippen LogP contribution >= 0.6 is 11.6 Å². The highest BCUT2D eigenvalue weighted by atomic mass is 35.5. The van der Waals surface area contributed by atoms with Crippen LogP contribution in [0.3, 0.4) is 0 Å². The average Bonchev–Trinajstić information content (AvgIpc) is 3.22. The monoisotopic (exact) mass is 487 g/mol. The van der Waals surface area contributed by atoms with E-state index >= 15 is 0 Å². The molecule has 3 aromatic rings. The first kappa shape index (κ1) is 23.2. The van der Waals surface area contributed by atoms with Crippen LogP contribution in [0.4, 0.5) is 37.7 Å². The third-order valence-electron chi connectivity index (χ3n) is 6.03. The van der Waals surface area contributed by atoms with Gasteiger partial charge in [0.05, 0.1) is 34.6 Å². The lowest BCUT2D eigenvalue weighted by atomic mass is 9.99. The largest absolute Gasteiger partial charge is 0.358 e.